The molecule has 0 bridgehead atoms. The summed E-state index contributed by atoms with van der Waals surface area (Å²) in [6.45, 7) is 0.404. The molecule has 6 heteroatoms. The Hall–Kier alpha value is -2.65. The molecule has 2 rings (SSSR count). The van der Waals surface area contributed by atoms with Crippen LogP contribution in [-0.2, 0) is 6.54 Å². The molecule has 4 N–H and O–H groups in total. The maximum absolute atomic E-state index is 13.7. The van der Waals surface area contributed by atoms with Crippen LogP contribution in [-0.4, -0.2) is 22.4 Å². The van der Waals surface area contributed by atoms with Crippen LogP contribution in [0.15, 0.2) is 30.6 Å². The van der Waals surface area contributed by atoms with Crippen molar-refractivity contribution in [3.05, 3.63) is 53.4 Å². The van der Waals surface area contributed by atoms with Gasteiger partial charge in [0.2, 0.25) is 0 Å². The first kappa shape index (κ1) is 13.8. The van der Waals surface area contributed by atoms with Crippen LogP contribution in [0.25, 0.3) is 0 Å². The van der Waals surface area contributed by atoms with Gasteiger partial charge in [0.25, 0.3) is 5.91 Å². The van der Waals surface area contributed by atoms with E-state index in [0.29, 0.717) is 11.4 Å². The van der Waals surface area contributed by atoms with Crippen LogP contribution in [0.3, 0.4) is 0 Å². The summed E-state index contributed by atoms with van der Waals surface area (Å²) < 4.78 is 13.7. The highest BCUT2D eigenvalue weighted by atomic mass is 19.1. The van der Waals surface area contributed by atoms with Gasteiger partial charge < -0.3 is 16.0 Å². The van der Waals surface area contributed by atoms with E-state index in [-0.39, 0.29) is 18.7 Å². The lowest BCUT2D eigenvalue weighted by Crippen LogP contribution is -2.24. The zero-order valence-corrected chi connectivity index (χ0v) is 10.6. The number of nitrogens with zero attached hydrogens (tertiary/aromatic N) is 1. The third-order valence-electron chi connectivity index (χ3n) is 2.52. The molecule has 0 aliphatic carbocycles. The normalized spacial score (nSPS) is 9.70. The summed E-state index contributed by atoms with van der Waals surface area (Å²) in [6, 6.07) is 4.11. The van der Waals surface area contributed by atoms with Gasteiger partial charge in [0, 0.05) is 18.0 Å². The number of carbonyl (C=O) groups is 1. The van der Waals surface area contributed by atoms with E-state index in [0.717, 1.165) is 0 Å². The van der Waals surface area contributed by atoms with E-state index < -0.39 is 11.7 Å². The van der Waals surface area contributed by atoms with Crippen LogP contribution >= 0.6 is 0 Å². The number of benzene rings is 1. The van der Waals surface area contributed by atoms with E-state index in [9.17, 15) is 9.18 Å². The Labute approximate surface area is 115 Å². The minimum Gasteiger partial charge on any atom is -0.347 e. The Morgan fingerprint density at radius 3 is 3.05 bits per heavy atom. The minimum atomic E-state index is -0.597. The van der Waals surface area contributed by atoms with Gasteiger partial charge in [0.05, 0.1) is 18.7 Å². The van der Waals surface area contributed by atoms with E-state index >= 15 is 0 Å². The zero-order valence-electron chi connectivity index (χ0n) is 10.6. The number of nitrogens with one attached hydrogen (secondary N) is 2. The van der Waals surface area contributed by atoms with Crippen LogP contribution in [0.1, 0.15) is 21.7 Å². The van der Waals surface area contributed by atoms with Crippen molar-refractivity contribution in [2.75, 3.05) is 6.54 Å². The first-order valence-corrected chi connectivity index (χ1v) is 5.95. The number of carbonyl (C=O) groups excluding carboxylic acids is 1. The average Bonchev–Trinajstić information content (AvgIpc) is 2.97. The number of rotatable bonds is 3. The molecule has 1 amide bonds. The number of halogens is 1. The van der Waals surface area contributed by atoms with Gasteiger partial charge in [-0.3, -0.25) is 4.79 Å². The molecule has 0 radical (unpaired) electrons. The number of aromatic amines is 1. The average molecular weight is 272 g/mol. The molecule has 1 aromatic heterocycles. The Kier molecular flexibility index (Phi) is 4.47. The predicted octanol–water partition coefficient (Wildman–Crippen LogP) is 0.789. The van der Waals surface area contributed by atoms with Crippen molar-refractivity contribution in [1.82, 2.24) is 15.3 Å². The summed E-state index contributed by atoms with van der Waals surface area (Å²) in [6.07, 6.45) is 3.22. The van der Waals surface area contributed by atoms with Crippen molar-refractivity contribution in [2.24, 2.45) is 5.73 Å². The second kappa shape index (κ2) is 6.50. The molecule has 20 heavy (non-hydrogen) atoms. The number of hydrogen-bond donors (Lipinski definition) is 3. The zero-order chi connectivity index (χ0) is 14.4. The Bertz CT molecular complexity index is 656. The lowest BCUT2D eigenvalue weighted by molar-refractivity contribution is 0.0946. The Morgan fingerprint density at radius 2 is 2.35 bits per heavy atom. The van der Waals surface area contributed by atoms with Crippen LogP contribution in [0, 0.1) is 17.7 Å². The molecule has 0 fully saturated rings. The van der Waals surface area contributed by atoms with Crippen molar-refractivity contribution < 1.29 is 9.18 Å². The topological polar surface area (TPSA) is 83.8 Å². The van der Waals surface area contributed by atoms with Crippen LogP contribution in [0.2, 0.25) is 0 Å². The molecule has 0 saturated heterocycles. The lowest BCUT2D eigenvalue weighted by Gasteiger charge is -2.05. The molecular formula is C14H13FN4O. The monoisotopic (exact) mass is 272 g/mol. The van der Waals surface area contributed by atoms with Gasteiger partial charge in [-0.2, -0.15) is 0 Å². The van der Waals surface area contributed by atoms with E-state index in [1.54, 1.807) is 12.4 Å². The highest BCUT2D eigenvalue weighted by Crippen LogP contribution is 2.10. The maximum atomic E-state index is 13.7. The van der Waals surface area contributed by atoms with Crippen molar-refractivity contribution in [2.45, 2.75) is 6.54 Å². The molecule has 5 nitrogen and oxygen atoms in total. The lowest BCUT2D eigenvalue weighted by atomic mass is 10.1. The standard InChI is InChI=1S/C14H13FN4O/c15-12-4-3-10(2-1-5-16)8-11(12)14(20)19-9-13-17-6-7-18-13/h3-4,6-8H,5,9,16H2,(H,17,18)(H,19,20). The van der Waals surface area contributed by atoms with Gasteiger partial charge in [0.15, 0.2) is 0 Å². The Morgan fingerprint density at radius 1 is 1.50 bits per heavy atom. The molecule has 1 aromatic carbocycles. The van der Waals surface area contributed by atoms with Gasteiger partial charge in [-0.05, 0) is 18.2 Å². The molecular weight excluding hydrogens is 259 g/mol. The minimum absolute atomic E-state index is 0.0552. The molecule has 0 unspecified atom stereocenters. The summed E-state index contributed by atoms with van der Waals surface area (Å²) >= 11 is 0. The third kappa shape index (κ3) is 3.43. The quantitative estimate of drug-likeness (QED) is 0.722. The fourth-order valence-electron chi connectivity index (χ4n) is 1.58. The molecule has 0 saturated carbocycles. The first-order valence-electron chi connectivity index (χ1n) is 5.95. The highest BCUT2D eigenvalue weighted by Gasteiger charge is 2.12. The number of H-pyrrole nitrogens is 1. The predicted molar refractivity (Wildman–Crippen MR) is 72.1 cm³/mol. The van der Waals surface area contributed by atoms with E-state index in [1.165, 1.54) is 18.2 Å². The molecule has 0 aliphatic rings. The smallest absolute Gasteiger partial charge is 0.254 e. The van der Waals surface area contributed by atoms with Crippen LogP contribution in [0.4, 0.5) is 4.39 Å². The summed E-state index contributed by atoms with van der Waals surface area (Å²) in [7, 11) is 0. The maximum Gasteiger partial charge on any atom is 0.254 e. The second-order valence-corrected chi connectivity index (χ2v) is 3.92. The summed E-state index contributed by atoms with van der Waals surface area (Å²) in [5.41, 5.74) is 5.76. The fourth-order valence-corrected chi connectivity index (χ4v) is 1.58. The van der Waals surface area contributed by atoms with Gasteiger partial charge in [-0.15, -0.1) is 0 Å². The number of imidazole rings is 1. The molecule has 2 aromatic rings. The number of hydrogen-bond acceptors (Lipinski definition) is 3. The summed E-state index contributed by atoms with van der Waals surface area (Å²) in [5.74, 6) is 4.89. The Balaban J connectivity index is 2.12. The third-order valence-corrected chi connectivity index (χ3v) is 2.52. The molecule has 102 valence electrons. The van der Waals surface area contributed by atoms with Gasteiger partial charge in [-0.25, -0.2) is 9.37 Å². The molecule has 0 atom stereocenters. The summed E-state index contributed by atoms with van der Waals surface area (Å²) in [4.78, 5) is 18.7. The number of amides is 1. The van der Waals surface area contributed by atoms with Crippen molar-refractivity contribution in [3.63, 3.8) is 0 Å². The number of nitrogens with two attached hydrogens (primary N) is 1. The highest BCUT2D eigenvalue weighted by molar-refractivity contribution is 5.94. The number of aromatic nitrogens is 2. The van der Waals surface area contributed by atoms with Crippen LogP contribution < -0.4 is 11.1 Å². The first-order chi connectivity index (χ1) is 9.70. The van der Waals surface area contributed by atoms with Crippen molar-refractivity contribution in [3.8, 4) is 11.8 Å². The van der Waals surface area contributed by atoms with E-state index in [1.807, 2.05) is 0 Å². The van der Waals surface area contributed by atoms with Crippen LogP contribution in [0.5, 0.6) is 0 Å². The second-order valence-electron chi connectivity index (χ2n) is 3.92. The van der Waals surface area contributed by atoms with E-state index in [2.05, 4.69) is 27.1 Å². The van der Waals surface area contributed by atoms with Gasteiger partial charge >= 0.3 is 0 Å². The fraction of sp³-hybridized carbons (Fsp3) is 0.143. The van der Waals surface area contributed by atoms with E-state index in [4.69, 9.17) is 5.73 Å². The van der Waals surface area contributed by atoms with Crippen molar-refractivity contribution in [1.29, 1.82) is 0 Å². The molecule has 0 spiro atoms. The van der Waals surface area contributed by atoms with Gasteiger partial charge in [-0.1, -0.05) is 11.8 Å². The summed E-state index contributed by atoms with van der Waals surface area (Å²) in [5, 5.41) is 2.58. The van der Waals surface area contributed by atoms with Crippen molar-refractivity contribution >= 4 is 5.91 Å². The molecule has 1 heterocycles. The largest absolute Gasteiger partial charge is 0.347 e. The van der Waals surface area contributed by atoms with Gasteiger partial charge in [0.1, 0.15) is 11.6 Å². The molecule has 0 aliphatic heterocycles. The SMILES string of the molecule is NCC#Cc1ccc(F)c(C(=O)NCc2ncc[nH]2)c1.